The quantitative estimate of drug-likeness (QED) is 0.347. The Morgan fingerprint density at radius 3 is 2.88 bits per heavy atom. The molecule has 0 heterocycles. The second-order valence-electron chi connectivity index (χ2n) is 4.44. The summed E-state index contributed by atoms with van der Waals surface area (Å²) in [6, 6.07) is 0. The molecule has 0 saturated heterocycles. The van der Waals surface area contributed by atoms with Crippen molar-refractivity contribution in [3.63, 3.8) is 0 Å². The van der Waals surface area contributed by atoms with Gasteiger partial charge in [0.2, 0.25) is 0 Å². The third-order valence-corrected chi connectivity index (χ3v) is 2.66. The molecule has 3 nitrogen and oxygen atoms in total. The summed E-state index contributed by atoms with van der Waals surface area (Å²) >= 11 is 0. The van der Waals surface area contributed by atoms with E-state index in [0.717, 1.165) is 18.5 Å². The molecule has 0 bridgehead atoms. The van der Waals surface area contributed by atoms with Crippen molar-refractivity contribution < 1.29 is 0 Å². The number of nitrogens with two attached hydrogens (primary N) is 1. The van der Waals surface area contributed by atoms with Crippen LogP contribution in [0.4, 0.5) is 0 Å². The van der Waals surface area contributed by atoms with Gasteiger partial charge in [-0.3, -0.25) is 0 Å². The molecule has 0 aromatic heterocycles. The van der Waals surface area contributed by atoms with Gasteiger partial charge in [-0.2, -0.15) is 0 Å². The van der Waals surface area contributed by atoms with Crippen LogP contribution in [0.25, 0.3) is 0 Å². The van der Waals surface area contributed by atoms with Crippen molar-refractivity contribution in [1.29, 1.82) is 0 Å². The third-order valence-electron chi connectivity index (χ3n) is 2.66. The van der Waals surface area contributed by atoms with Gasteiger partial charge in [-0.25, -0.2) is 4.99 Å². The van der Waals surface area contributed by atoms with Crippen LogP contribution in [0.15, 0.2) is 28.8 Å². The predicted molar refractivity (Wildman–Crippen MR) is 85.9 cm³/mol. The minimum Gasteiger partial charge on any atom is -0.370 e. The Bertz CT molecular complexity index is 295. The molecular formula is C13H24IN3. The minimum absolute atomic E-state index is 0. The first-order valence-electron chi connectivity index (χ1n) is 6.04. The molecule has 98 valence electrons. The maximum absolute atomic E-state index is 5.72. The summed E-state index contributed by atoms with van der Waals surface area (Å²) in [5.41, 5.74) is 8.30. The summed E-state index contributed by atoms with van der Waals surface area (Å²) in [7, 11) is 0. The summed E-state index contributed by atoms with van der Waals surface area (Å²) in [5.74, 6) is 0.527. The Morgan fingerprint density at radius 1 is 1.53 bits per heavy atom. The van der Waals surface area contributed by atoms with Crippen LogP contribution in [0.3, 0.4) is 0 Å². The van der Waals surface area contributed by atoms with Gasteiger partial charge >= 0.3 is 0 Å². The Kier molecular flexibility index (Phi) is 9.21. The molecule has 0 amide bonds. The fraction of sp³-hybridized carbons (Fsp3) is 0.615. The summed E-state index contributed by atoms with van der Waals surface area (Å²) in [4.78, 5) is 4.17. The molecule has 4 heteroatoms. The van der Waals surface area contributed by atoms with Crippen molar-refractivity contribution in [3.8, 4) is 0 Å². The highest BCUT2D eigenvalue weighted by Gasteiger charge is 2.02. The van der Waals surface area contributed by atoms with Gasteiger partial charge in [-0.05, 0) is 39.0 Å². The lowest BCUT2D eigenvalue weighted by atomic mass is 9.97. The fourth-order valence-corrected chi connectivity index (χ4v) is 1.76. The minimum atomic E-state index is 0. The molecule has 0 aliphatic heterocycles. The van der Waals surface area contributed by atoms with E-state index >= 15 is 0 Å². The van der Waals surface area contributed by atoms with Crippen molar-refractivity contribution in [2.45, 2.75) is 39.0 Å². The Hall–Kier alpha value is -0.520. The first kappa shape index (κ1) is 16.5. The highest BCUT2D eigenvalue weighted by Crippen LogP contribution is 2.19. The van der Waals surface area contributed by atoms with Crippen LogP contribution >= 0.6 is 24.0 Å². The van der Waals surface area contributed by atoms with E-state index < -0.39 is 0 Å². The van der Waals surface area contributed by atoms with Gasteiger partial charge in [-0.1, -0.05) is 23.8 Å². The molecule has 3 N–H and O–H groups in total. The zero-order valence-electron chi connectivity index (χ0n) is 10.7. The van der Waals surface area contributed by atoms with E-state index in [2.05, 4.69) is 23.0 Å². The molecular weight excluding hydrogens is 325 g/mol. The molecule has 1 rings (SSSR count). The largest absolute Gasteiger partial charge is 0.370 e. The number of rotatable bonds is 5. The number of nitrogens with zero attached hydrogens (tertiary/aromatic N) is 1. The van der Waals surface area contributed by atoms with E-state index in [1.807, 2.05) is 6.92 Å². The topological polar surface area (TPSA) is 50.4 Å². The molecule has 17 heavy (non-hydrogen) atoms. The molecule has 0 aromatic rings. The predicted octanol–water partition coefficient (Wildman–Crippen LogP) is 2.98. The monoisotopic (exact) mass is 349 g/mol. The van der Waals surface area contributed by atoms with Gasteiger partial charge in [0, 0.05) is 6.54 Å². The van der Waals surface area contributed by atoms with Crippen LogP contribution in [0.2, 0.25) is 0 Å². The van der Waals surface area contributed by atoms with Crippen LogP contribution in [0.5, 0.6) is 0 Å². The lowest BCUT2D eigenvalue weighted by Gasteiger charge is -2.13. The van der Waals surface area contributed by atoms with Gasteiger partial charge in [0.1, 0.15) is 0 Å². The average Bonchev–Trinajstić information content (AvgIpc) is 2.28. The first-order valence-corrected chi connectivity index (χ1v) is 6.04. The summed E-state index contributed by atoms with van der Waals surface area (Å²) in [5, 5.41) is 3.13. The standard InChI is InChI=1S/C13H23N3.HI/c1-11(2)10-16-13(14)15-9-8-12-6-4-3-5-7-12;/h6H,1,3-5,7-10H2,2H3,(H3,14,15,16);1H. The lowest BCUT2D eigenvalue weighted by Crippen LogP contribution is -2.32. The smallest absolute Gasteiger partial charge is 0.188 e. The average molecular weight is 349 g/mol. The molecule has 0 radical (unpaired) electrons. The van der Waals surface area contributed by atoms with Crippen LogP contribution < -0.4 is 11.1 Å². The van der Waals surface area contributed by atoms with E-state index in [1.165, 1.54) is 25.7 Å². The number of allylic oxidation sites excluding steroid dienone is 1. The summed E-state index contributed by atoms with van der Waals surface area (Å²) < 4.78 is 0. The molecule has 0 fully saturated rings. The highest BCUT2D eigenvalue weighted by atomic mass is 127. The maximum atomic E-state index is 5.72. The van der Waals surface area contributed by atoms with Crippen molar-refractivity contribution in [1.82, 2.24) is 5.32 Å². The molecule has 1 aliphatic carbocycles. The second-order valence-corrected chi connectivity index (χ2v) is 4.44. The fourth-order valence-electron chi connectivity index (χ4n) is 1.76. The second kappa shape index (κ2) is 9.50. The number of hydrogen-bond donors (Lipinski definition) is 2. The molecule has 0 unspecified atom stereocenters. The number of nitrogens with one attached hydrogen (secondary N) is 1. The van der Waals surface area contributed by atoms with Crippen LogP contribution in [-0.2, 0) is 0 Å². The van der Waals surface area contributed by atoms with Crippen molar-refractivity contribution in [2.75, 3.05) is 13.1 Å². The van der Waals surface area contributed by atoms with Gasteiger partial charge in [-0.15, -0.1) is 24.0 Å². The molecule has 1 aliphatic rings. The molecule has 0 atom stereocenters. The van der Waals surface area contributed by atoms with Gasteiger partial charge in [0.15, 0.2) is 5.96 Å². The first-order chi connectivity index (χ1) is 7.68. The van der Waals surface area contributed by atoms with Crippen LogP contribution in [0.1, 0.15) is 39.0 Å². The van der Waals surface area contributed by atoms with Gasteiger partial charge in [0.25, 0.3) is 0 Å². The van der Waals surface area contributed by atoms with E-state index in [4.69, 9.17) is 5.73 Å². The summed E-state index contributed by atoms with van der Waals surface area (Å²) in [6.45, 7) is 7.23. The Balaban J connectivity index is 0.00000256. The van der Waals surface area contributed by atoms with Crippen LogP contribution in [-0.4, -0.2) is 19.0 Å². The van der Waals surface area contributed by atoms with E-state index in [-0.39, 0.29) is 24.0 Å². The third kappa shape index (κ3) is 8.24. The van der Waals surface area contributed by atoms with Crippen molar-refractivity contribution in [3.05, 3.63) is 23.8 Å². The zero-order valence-corrected chi connectivity index (χ0v) is 13.0. The Labute approximate surface area is 122 Å². The number of halogens is 1. The number of aliphatic imine (C=N–C) groups is 1. The van der Waals surface area contributed by atoms with Crippen molar-refractivity contribution in [2.24, 2.45) is 10.7 Å². The van der Waals surface area contributed by atoms with Crippen LogP contribution in [0, 0.1) is 0 Å². The maximum Gasteiger partial charge on any atom is 0.188 e. The lowest BCUT2D eigenvalue weighted by molar-refractivity contribution is 0.668. The molecule has 0 aromatic carbocycles. The molecule has 0 spiro atoms. The zero-order chi connectivity index (χ0) is 11.8. The SMILES string of the molecule is C=C(C)CN=C(N)NCCC1=CCCCC1.I. The summed E-state index contributed by atoms with van der Waals surface area (Å²) in [6.07, 6.45) is 8.64. The Morgan fingerprint density at radius 2 is 2.29 bits per heavy atom. The van der Waals surface area contributed by atoms with Crippen molar-refractivity contribution >= 4 is 29.9 Å². The van der Waals surface area contributed by atoms with E-state index in [0.29, 0.717) is 12.5 Å². The molecule has 0 saturated carbocycles. The highest BCUT2D eigenvalue weighted by molar-refractivity contribution is 14.0. The van der Waals surface area contributed by atoms with E-state index in [9.17, 15) is 0 Å². The van der Waals surface area contributed by atoms with E-state index in [1.54, 1.807) is 5.57 Å². The number of guanidine groups is 1. The number of hydrogen-bond acceptors (Lipinski definition) is 1. The van der Waals surface area contributed by atoms with Gasteiger partial charge in [0.05, 0.1) is 6.54 Å². The van der Waals surface area contributed by atoms with Gasteiger partial charge < -0.3 is 11.1 Å². The normalized spacial score (nSPS) is 15.8.